The van der Waals surface area contributed by atoms with Crippen LogP contribution in [0.25, 0.3) is 10.6 Å². The summed E-state index contributed by atoms with van der Waals surface area (Å²) in [5.41, 5.74) is 3.10. The minimum absolute atomic E-state index is 0.0269. The average molecular weight is 587 g/mol. The molecule has 0 aliphatic heterocycles. The molecule has 5 nitrogen and oxygen atoms in total. The van der Waals surface area contributed by atoms with Crippen LogP contribution in [0.1, 0.15) is 66.3 Å². The second-order valence-corrected chi connectivity index (χ2v) is 10.7. The number of rotatable bonds is 9. The number of esters is 2. The van der Waals surface area contributed by atoms with Crippen LogP contribution < -0.4 is 5.32 Å². The van der Waals surface area contributed by atoms with Crippen molar-refractivity contribution >= 4 is 29.0 Å². The van der Waals surface area contributed by atoms with Gasteiger partial charge in [0.15, 0.2) is 0 Å². The molecule has 1 heterocycles. The van der Waals surface area contributed by atoms with Gasteiger partial charge in [0.05, 0.1) is 17.7 Å². The van der Waals surface area contributed by atoms with E-state index >= 15 is 0 Å². The third kappa shape index (κ3) is 8.06. The lowest BCUT2D eigenvalue weighted by molar-refractivity contribution is -0.201. The summed E-state index contributed by atoms with van der Waals surface area (Å²) in [7, 11) is 0. The van der Waals surface area contributed by atoms with Crippen molar-refractivity contribution < 1.29 is 40.7 Å². The van der Waals surface area contributed by atoms with Crippen LogP contribution >= 0.6 is 11.3 Å². The van der Waals surface area contributed by atoms with Crippen molar-refractivity contribution in [1.82, 2.24) is 4.98 Å². The van der Waals surface area contributed by atoms with Gasteiger partial charge in [-0.1, -0.05) is 39.0 Å². The van der Waals surface area contributed by atoms with E-state index in [1.807, 2.05) is 26.8 Å². The maximum Gasteiger partial charge on any atom is 0.491 e. The molecule has 0 saturated carbocycles. The van der Waals surface area contributed by atoms with E-state index in [4.69, 9.17) is 4.98 Å². The van der Waals surface area contributed by atoms with Crippen LogP contribution in [-0.2, 0) is 26.9 Å². The SMILES string of the molecule is Cc1cc(NCC(C)c2sc(-c3ccc(C(F)(F)F)cc3)nc2C(C)C)ccc1CCC(=O)OC(=O)C(F)(F)F. The highest BCUT2D eigenvalue weighted by Gasteiger charge is 2.42. The minimum Gasteiger partial charge on any atom is -0.386 e. The Hall–Kier alpha value is -3.41. The molecule has 3 rings (SSSR count). The molecule has 0 radical (unpaired) electrons. The summed E-state index contributed by atoms with van der Waals surface area (Å²) >= 11 is 1.45. The van der Waals surface area contributed by atoms with Crippen LogP contribution in [0.3, 0.4) is 0 Å². The lowest BCUT2D eigenvalue weighted by atomic mass is 10.0. The van der Waals surface area contributed by atoms with Crippen molar-refractivity contribution in [3.63, 3.8) is 0 Å². The zero-order valence-corrected chi connectivity index (χ0v) is 23.0. The Morgan fingerprint density at radius 1 is 1.00 bits per heavy atom. The molecule has 1 aromatic heterocycles. The Morgan fingerprint density at radius 3 is 2.20 bits per heavy atom. The number of hydrogen-bond donors (Lipinski definition) is 1. The van der Waals surface area contributed by atoms with Crippen molar-refractivity contribution in [2.75, 3.05) is 11.9 Å². The van der Waals surface area contributed by atoms with Crippen LogP contribution in [0.2, 0.25) is 0 Å². The largest absolute Gasteiger partial charge is 0.491 e. The zero-order valence-electron chi connectivity index (χ0n) is 22.2. The summed E-state index contributed by atoms with van der Waals surface area (Å²) in [6, 6.07) is 10.3. The number of aryl methyl sites for hydroxylation is 2. The van der Waals surface area contributed by atoms with Gasteiger partial charge in [-0.15, -0.1) is 11.3 Å². The summed E-state index contributed by atoms with van der Waals surface area (Å²) in [6.45, 7) is 8.38. The smallest absolute Gasteiger partial charge is 0.386 e. The molecule has 1 atom stereocenters. The molecule has 3 aromatic rings. The average Bonchev–Trinajstić information content (AvgIpc) is 3.32. The Balaban J connectivity index is 1.64. The first kappa shape index (κ1) is 31.1. The van der Waals surface area contributed by atoms with E-state index in [-0.39, 0.29) is 24.7 Å². The second-order valence-electron chi connectivity index (χ2n) is 9.68. The van der Waals surface area contributed by atoms with E-state index < -0.39 is 29.9 Å². The zero-order chi connectivity index (χ0) is 29.8. The lowest BCUT2D eigenvalue weighted by Gasteiger charge is -2.16. The molecule has 0 saturated heterocycles. The molecule has 1 N–H and O–H groups in total. The van der Waals surface area contributed by atoms with Crippen molar-refractivity contribution in [3.05, 3.63) is 69.7 Å². The predicted octanol–water partition coefficient (Wildman–Crippen LogP) is 8.04. The Kier molecular flexibility index (Phi) is 9.65. The fourth-order valence-corrected chi connectivity index (χ4v) is 5.21. The molecule has 0 aliphatic carbocycles. The first-order valence-corrected chi connectivity index (χ1v) is 13.2. The second kappa shape index (κ2) is 12.4. The maximum atomic E-state index is 12.9. The molecule has 0 amide bonds. The number of nitrogens with one attached hydrogen (secondary N) is 1. The topological polar surface area (TPSA) is 68.3 Å². The summed E-state index contributed by atoms with van der Waals surface area (Å²) in [4.78, 5) is 28.1. The third-order valence-electron chi connectivity index (χ3n) is 6.13. The number of carbonyl (C=O) groups is 2. The first-order valence-electron chi connectivity index (χ1n) is 12.4. The minimum atomic E-state index is -5.23. The van der Waals surface area contributed by atoms with Gasteiger partial charge in [0.1, 0.15) is 5.01 Å². The monoisotopic (exact) mass is 586 g/mol. The molecule has 0 fully saturated rings. The molecule has 216 valence electrons. The number of thiazole rings is 1. The van der Waals surface area contributed by atoms with Gasteiger partial charge < -0.3 is 10.1 Å². The van der Waals surface area contributed by atoms with E-state index in [2.05, 4.69) is 10.1 Å². The van der Waals surface area contributed by atoms with E-state index in [1.165, 1.54) is 23.5 Å². The van der Waals surface area contributed by atoms with Gasteiger partial charge in [-0.25, -0.2) is 9.78 Å². The Morgan fingerprint density at radius 2 is 1.65 bits per heavy atom. The molecule has 2 aromatic carbocycles. The van der Waals surface area contributed by atoms with Crippen molar-refractivity contribution in [2.24, 2.45) is 0 Å². The molecular weight excluding hydrogens is 558 g/mol. The van der Waals surface area contributed by atoms with Gasteiger partial charge in [0.25, 0.3) is 0 Å². The fraction of sp³-hybridized carbons (Fsp3) is 0.393. The van der Waals surface area contributed by atoms with Gasteiger partial charge in [0, 0.05) is 28.6 Å². The first-order chi connectivity index (χ1) is 18.6. The molecule has 0 bridgehead atoms. The van der Waals surface area contributed by atoms with Crippen LogP contribution in [-0.4, -0.2) is 29.6 Å². The Bertz CT molecular complexity index is 1350. The van der Waals surface area contributed by atoms with Crippen molar-refractivity contribution in [3.8, 4) is 10.6 Å². The summed E-state index contributed by atoms with van der Waals surface area (Å²) in [5, 5.41) is 4.00. The van der Waals surface area contributed by atoms with E-state index in [0.29, 0.717) is 17.1 Å². The number of nitrogens with zero attached hydrogens (tertiary/aromatic N) is 1. The van der Waals surface area contributed by atoms with Crippen LogP contribution in [0.4, 0.5) is 32.0 Å². The number of alkyl halides is 6. The van der Waals surface area contributed by atoms with E-state index in [1.54, 1.807) is 19.1 Å². The van der Waals surface area contributed by atoms with Crippen molar-refractivity contribution in [2.45, 2.75) is 64.7 Å². The normalized spacial score (nSPS) is 12.9. The van der Waals surface area contributed by atoms with Gasteiger partial charge in [-0.2, -0.15) is 26.3 Å². The lowest BCUT2D eigenvalue weighted by Crippen LogP contribution is -2.28. The highest BCUT2D eigenvalue weighted by Crippen LogP contribution is 2.38. The van der Waals surface area contributed by atoms with Gasteiger partial charge in [-0.3, -0.25) is 4.79 Å². The standard InChI is InChI=1S/C28H28F6N2O3S/c1-15(2)23-24(40-25(36-23)19-5-9-20(10-6-19)27(29,30)31)17(4)14-35-21-11-7-18(16(3)13-21)8-12-22(37)39-26(38)28(32,33)34/h5-7,9-11,13,15,17,35H,8,12,14H2,1-4H3. The summed E-state index contributed by atoms with van der Waals surface area (Å²) in [5.74, 6) is -3.65. The molecule has 1 unspecified atom stereocenters. The number of hydrogen-bond acceptors (Lipinski definition) is 6. The number of halogens is 6. The molecule has 12 heteroatoms. The highest BCUT2D eigenvalue weighted by molar-refractivity contribution is 7.15. The third-order valence-corrected chi connectivity index (χ3v) is 7.48. The number of aromatic nitrogens is 1. The van der Waals surface area contributed by atoms with Crippen molar-refractivity contribution in [1.29, 1.82) is 0 Å². The van der Waals surface area contributed by atoms with Crippen LogP contribution in [0.5, 0.6) is 0 Å². The molecular formula is C28H28F6N2O3S. The Labute approximate surface area is 231 Å². The van der Waals surface area contributed by atoms with E-state index in [0.717, 1.165) is 39.5 Å². The maximum absolute atomic E-state index is 12.9. The van der Waals surface area contributed by atoms with Crippen LogP contribution in [0.15, 0.2) is 42.5 Å². The van der Waals surface area contributed by atoms with E-state index in [9.17, 15) is 35.9 Å². The number of ether oxygens (including phenoxy) is 1. The number of carbonyl (C=O) groups excluding carboxylic acids is 2. The number of anilines is 1. The van der Waals surface area contributed by atoms with Crippen LogP contribution in [0, 0.1) is 6.92 Å². The molecule has 0 spiro atoms. The fourth-order valence-electron chi connectivity index (χ4n) is 3.93. The summed E-state index contributed by atoms with van der Waals surface area (Å²) < 4.78 is 79.3. The summed E-state index contributed by atoms with van der Waals surface area (Å²) in [6.07, 6.45) is -9.90. The van der Waals surface area contributed by atoms with Gasteiger partial charge in [0.2, 0.25) is 0 Å². The predicted molar refractivity (Wildman–Crippen MR) is 140 cm³/mol. The van der Waals surface area contributed by atoms with Gasteiger partial charge >= 0.3 is 24.3 Å². The molecule has 0 aliphatic rings. The quantitative estimate of drug-likeness (QED) is 0.156. The highest BCUT2D eigenvalue weighted by atomic mass is 32.1. The number of benzene rings is 2. The molecule has 40 heavy (non-hydrogen) atoms. The van der Waals surface area contributed by atoms with Gasteiger partial charge in [-0.05, 0) is 54.7 Å².